The molecule has 21 heavy (non-hydrogen) atoms. The molecule has 0 saturated carbocycles. The quantitative estimate of drug-likeness (QED) is 0.630. The first kappa shape index (κ1) is 14.9. The van der Waals surface area contributed by atoms with Gasteiger partial charge in [0.2, 0.25) is 11.8 Å². The molecular weight excluding hydrogens is 268 g/mol. The van der Waals surface area contributed by atoms with Gasteiger partial charge in [0.15, 0.2) is 0 Å². The number of rotatable bonds is 5. The highest BCUT2D eigenvalue weighted by Gasteiger charge is 2.28. The van der Waals surface area contributed by atoms with Crippen molar-refractivity contribution in [1.29, 1.82) is 0 Å². The van der Waals surface area contributed by atoms with E-state index in [1.165, 1.54) is 5.56 Å². The van der Waals surface area contributed by atoms with Gasteiger partial charge in [0.1, 0.15) is 0 Å². The van der Waals surface area contributed by atoms with Crippen LogP contribution in [0.5, 0.6) is 0 Å². The lowest BCUT2D eigenvalue weighted by Crippen LogP contribution is -2.29. The highest BCUT2D eigenvalue weighted by Crippen LogP contribution is 2.11. The van der Waals surface area contributed by atoms with Crippen molar-refractivity contribution in [2.45, 2.75) is 26.7 Å². The van der Waals surface area contributed by atoms with Crippen LogP contribution in [-0.2, 0) is 16.0 Å². The first-order valence-corrected chi connectivity index (χ1v) is 6.85. The Morgan fingerprint density at radius 3 is 2.71 bits per heavy atom. The van der Waals surface area contributed by atoms with Crippen molar-refractivity contribution in [2.24, 2.45) is 16.1 Å². The first-order chi connectivity index (χ1) is 10.1. The van der Waals surface area contributed by atoms with Crippen molar-refractivity contribution in [3.05, 3.63) is 35.4 Å². The molecule has 0 aliphatic carbocycles. The number of hydrogen-bond acceptors (Lipinski definition) is 4. The average Bonchev–Trinajstić information content (AvgIpc) is 2.80. The molecule has 2 amide bonds. The fourth-order valence-corrected chi connectivity index (χ4v) is 1.98. The van der Waals surface area contributed by atoms with E-state index in [0.717, 1.165) is 12.0 Å². The molecule has 2 N–H and O–H groups in total. The molecule has 1 heterocycles. The summed E-state index contributed by atoms with van der Waals surface area (Å²) in [6, 6.07) is 7.92. The Hall–Kier alpha value is -2.50. The van der Waals surface area contributed by atoms with E-state index >= 15 is 0 Å². The third kappa shape index (κ3) is 3.98. The van der Waals surface area contributed by atoms with Gasteiger partial charge in [-0.2, -0.15) is 10.2 Å². The van der Waals surface area contributed by atoms with E-state index in [-0.39, 0.29) is 18.2 Å². The lowest BCUT2D eigenvalue weighted by Gasteiger charge is -2.05. The van der Waals surface area contributed by atoms with Crippen LogP contribution in [0.15, 0.2) is 34.5 Å². The second-order valence-electron chi connectivity index (χ2n) is 4.87. The van der Waals surface area contributed by atoms with Crippen LogP contribution in [-0.4, -0.2) is 23.7 Å². The molecule has 110 valence electrons. The number of aryl methyl sites for hydroxylation is 1. The molecule has 0 saturated heterocycles. The summed E-state index contributed by atoms with van der Waals surface area (Å²) in [5, 5.41) is 7.69. The summed E-state index contributed by atoms with van der Waals surface area (Å²) in [5.41, 5.74) is 7.55. The van der Waals surface area contributed by atoms with Gasteiger partial charge >= 0.3 is 0 Å². The number of carbonyl (C=O) groups excluding carboxylic acids is 2. The van der Waals surface area contributed by atoms with Gasteiger partial charge in [-0.15, -0.1) is 0 Å². The third-order valence-corrected chi connectivity index (χ3v) is 3.34. The average molecular weight is 286 g/mol. The van der Waals surface area contributed by atoms with Gasteiger partial charge in [-0.1, -0.05) is 31.2 Å². The Bertz CT molecular complexity index is 590. The van der Waals surface area contributed by atoms with Gasteiger partial charge in [-0.3, -0.25) is 9.59 Å². The van der Waals surface area contributed by atoms with Crippen LogP contribution in [0.1, 0.15) is 31.4 Å². The van der Waals surface area contributed by atoms with Crippen LogP contribution in [0.3, 0.4) is 0 Å². The van der Waals surface area contributed by atoms with E-state index < -0.39 is 5.92 Å². The maximum absolute atomic E-state index is 11.7. The summed E-state index contributed by atoms with van der Waals surface area (Å²) in [5.74, 6) is -1.06. The Morgan fingerprint density at radius 1 is 1.43 bits per heavy atom. The highest BCUT2D eigenvalue weighted by atomic mass is 16.2. The van der Waals surface area contributed by atoms with Crippen molar-refractivity contribution >= 4 is 23.7 Å². The van der Waals surface area contributed by atoms with E-state index in [1.807, 2.05) is 24.3 Å². The minimum absolute atomic E-state index is 0.0489. The minimum Gasteiger partial charge on any atom is -0.273 e. The zero-order chi connectivity index (χ0) is 15.2. The van der Waals surface area contributed by atoms with E-state index in [9.17, 15) is 9.59 Å². The second kappa shape index (κ2) is 6.78. The number of benzene rings is 1. The molecule has 1 aliphatic heterocycles. The summed E-state index contributed by atoms with van der Waals surface area (Å²) < 4.78 is 0. The molecule has 1 aromatic carbocycles. The van der Waals surface area contributed by atoms with Crippen molar-refractivity contribution in [3.8, 4) is 0 Å². The summed E-state index contributed by atoms with van der Waals surface area (Å²) in [6.07, 6.45) is 2.61. The molecule has 1 aromatic rings. The largest absolute Gasteiger partial charge is 0.273 e. The second-order valence-corrected chi connectivity index (χ2v) is 4.87. The van der Waals surface area contributed by atoms with Crippen molar-refractivity contribution in [2.75, 3.05) is 0 Å². The Balaban J connectivity index is 1.84. The summed E-state index contributed by atoms with van der Waals surface area (Å²) in [4.78, 5) is 23.2. The van der Waals surface area contributed by atoms with Gasteiger partial charge < -0.3 is 0 Å². The molecule has 6 heteroatoms. The number of carbonyl (C=O) groups is 2. The van der Waals surface area contributed by atoms with Gasteiger partial charge in [0.05, 0.1) is 12.1 Å². The van der Waals surface area contributed by atoms with Gasteiger partial charge in [0, 0.05) is 12.1 Å². The SMILES string of the molecule is CCc1ccc(C=NNC(=O)CC2C(=O)NN=C2C)cc1. The van der Waals surface area contributed by atoms with Gasteiger partial charge in [-0.05, 0) is 24.5 Å². The minimum atomic E-state index is -0.496. The monoisotopic (exact) mass is 286 g/mol. The Labute approximate surface area is 123 Å². The van der Waals surface area contributed by atoms with E-state index in [0.29, 0.717) is 5.71 Å². The lowest BCUT2D eigenvalue weighted by atomic mass is 10.0. The maximum Gasteiger partial charge on any atom is 0.249 e. The third-order valence-electron chi connectivity index (χ3n) is 3.34. The fourth-order valence-electron chi connectivity index (χ4n) is 1.98. The zero-order valence-electron chi connectivity index (χ0n) is 12.1. The van der Waals surface area contributed by atoms with Gasteiger partial charge in [0.25, 0.3) is 0 Å². The van der Waals surface area contributed by atoms with Crippen LogP contribution >= 0.6 is 0 Å². The molecule has 0 spiro atoms. The molecule has 0 bridgehead atoms. The van der Waals surface area contributed by atoms with Crippen molar-refractivity contribution in [3.63, 3.8) is 0 Å². The summed E-state index contributed by atoms with van der Waals surface area (Å²) in [6.45, 7) is 3.81. The molecule has 1 aliphatic rings. The van der Waals surface area contributed by atoms with Gasteiger partial charge in [-0.25, -0.2) is 10.9 Å². The van der Waals surface area contributed by atoms with Crippen LogP contribution in [0.4, 0.5) is 0 Å². The Kier molecular flexibility index (Phi) is 4.81. The van der Waals surface area contributed by atoms with Crippen LogP contribution in [0, 0.1) is 5.92 Å². The van der Waals surface area contributed by atoms with Crippen LogP contribution in [0.2, 0.25) is 0 Å². The molecule has 0 fully saturated rings. The lowest BCUT2D eigenvalue weighted by molar-refractivity contribution is -0.127. The first-order valence-electron chi connectivity index (χ1n) is 6.85. The van der Waals surface area contributed by atoms with E-state index in [1.54, 1.807) is 13.1 Å². The summed E-state index contributed by atoms with van der Waals surface area (Å²) >= 11 is 0. The molecule has 2 rings (SSSR count). The molecule has 1 unspecified atom stereocenters. The normalized spacial score (nSPS) is 17.7. The molecule has 0 radical (unpaired) electrons. The van der Waals surface area contributed by atoms with Crippen LogP contribution < -0.4 is 10.9 Å². The van der Waals surface area contributed by atoms with Crippen LogP contribution in [0.25, 0.3) is 0 Å². The number of amides is 2. The van der Waals surface area contributed by atoms with Crippen molar-refractivity contribution < 1.29 is 9.59 Å². The summed E-state index contributed by atoms with van der Waals surface area (Å²) in [7, 11) is 0. The van der Waals surface area contributed by atoms with E-state index in [4.69, 9.17) is 0 Å². The predicted molar refractivity (Wildman–Crippen MR) is 80.9 cm³/mol. The topological polar surface area (TPSA) is 82.9 Å². The molecule has 1 atom stereocenters. The highest BCUT2D eigenvalue weighted by molar-refractivity contribution is 6.09. The number of hydrogen-bond donors (Lipinski definition) is 2. The van der Waals surface area contributed by atoms with Crippen molar-refractivity contribution in [1.82, 2.24) is 10.9 Å². The molecule has 0 aromatic heterocycles. The fraction of sp³-hybridized carbons (Fsp3) is 0.333. The zero-order valence-corrected chi connectivity index (χ0v) is 12.1. The molecule has 6 nitrogen and oxygen atoms in total. The Morgan fingerprint density at radius 2 is 2.14 bits per heavy atom. The molecular formula is C15H18N4O2. The predicted octanol–water partition coefficient (Wildman–Crippen LogP) is 1.21. The maximum atomic E-state index is 11.7. The number of nitrogens with zero attached hydrogens (tertiary/aromatic N) is 2. The van der Waals surface area contributed by atoms with E-state index in [2.05, 4.69) is 28.0 Å². The number of hydrazone groups is 2. The number of nitrogens with one attached hydrogen (secondary N) is 2. The smallest absolute Gasteiger partial charge is 0.249 e. The standard InChI is InChI=1S/C15H18N4O2/c1-3-11-4-6-12(7-5-11)9-16-18-14(20)8-13-10(2)17-19-15(13)21/h4-7,9,13H,3,8H2,1-2H3,(H,18,20)(H,19,21).